The molecular formula is C16H18ClF3N4. The van der Waals surface area contributed by atoms with E-state index in [1.165, 1.54) is 0 Å². The molecule has 0 unspecified atom stereocenters. The van der Waals surface area contributed by atoms with Crippen LogP contribution in [0.25, 0.3) is 0 Å². The van der Waals surface area contributed by atoms with E-state index in [0.29, 0.717) is 11.6 Å². The van der Waals surface area contributed by atoms with Crippen LogP contribution in [0, 0.1) is 0 Å². The van der Waals surface area contributed by atoms with Gasteiger partial charge in [0.05, 0.1) is 0 Å². The first-order valence-corrected chi connectivity index (χ1v) is 7.87. The molecule has 0 saturated carbocycles. The Morgan fingerprint density at radius 3 is 2.58 bits per heavy atom. The number of hydrogen-bond donors (Lipinski definition) is 2. The van der Waals surface area contributed by atoms with Crippen LogP contribution in [0.15, 0.2) is 30.3 Å². The van der Waals surface area contributed by atoms with Gasteiger partial charge in [-0.15, -0.1) is 0 Å². The Hall–Kier alpha value is -2.02. The molecule has 2 rings (SSSR count). The van der Waals surface area contributed by atoms with Gasteiger partial charge in [-0.3, -0.25) is 0 Å². The van der Waals surface area contributed by atoms with Crippen LogP contribution < -0.4 is 10.6 Å². The first-order chi connectivity index (χ1) is 11.3. The Bertz CT molecular complexity index is 691. The Morgan fingerprint density at radius 2 is 1.96 bits per heavy atom. The van der Waals surface area contributed by atoms with Crippen molar-refractivity contribution >= 4 is 23.4 Å². The molecule has 8 heteroatoms. The van der Waals surface area contributed by atoms with E-state index >= 15 is 0 Å². The van der Waals surface area contributed by atoms with Crippen molar-refractivity contribution in [1.29, 1.82) is 0 Å². The lowest BCUT2D eigenvalue weighted by Crippen LogP contribution is -2.19. The zero-order valence-corrected chi connectivity index (χ0v) is 14.0. The second-order valence-corrected chi connectivity index (χ2v) is 5.83. The maximum Gasteiger partial charge on any atom is 0.433 e. The fourth-order valence-corrected chi connectivity index (χ4v) is 2.12. The van der Waals surface area contributed by atoms with Crippen molar-refractivity contribution in [3.63, 3.8) is 0 Å². The molecule has 2 N–H and O–H groups in total. The summed E-state index contributed by atoms with van der Waals surface area (Å²) in [5.74, 6) is 0.0517. The zero-order chi connectivity index (χ0) is 17.7. The lowest BCUT2D eigenvalue weighted by atomic mass is 10.2. The van der Waals surface area contributed by atoms with E-state index in [0.717, 1.165) is 18.1 Å². The van der Waals surface area contributed by atoms with Gasteiger partial charge in [0, 0.05) is 23.7 Å². The number of rotatable bonds is 6. The molecule has 0 amide bonds. The molecule has 1 heterocycles. The molecule has 0 aliphatic heterocycles. The van der Waals surface area contributed by atoms with E-state index in [4.69, 9.17) is 11.6 Å². The van der Waals surface area contributed by atoms with Gasteiger partial charge in [0.25, 0.3) is 0 Å². The predicted molar refractivity (Wildman–Crippen MR) is 89.2 cm³/mol. The van der Waals surface area contributed by atoms with Gasteiger partial charge in [-0.1, -0.05) is 30.7 Å². The highest BCUT2D eigenvalue weighted by Gasteiger charge is 2.33. The molecule has 130 valence electrons. The Labute approximate surface area is 143 Å². The summed E-state index contributed by atoms with van der Waals surface area (Å²) in [5.41, 5.74) is -0.150. The largest absolute Gasteiger partial charge is 0.433 e. The summed E-state index contributed by atoms with van der Waals surface area (Å²) in [5, 5.41) is 6.31. The van der Waals surface area contributed by atoms with Gasteiger partial charge in [-0.05, 0) is 31.0 Å². The van der Waals surface area contributed by atoms with Crippen molar-refractivity contribution in [1.82, 2.24) is 9.97 Å². The van der Waals surface area contributed by atoms with Crippen molar-refractivity contribution in [3.05, 3.63) is 46.6 Å². The number of nitrogens with zero attached hydrogens (tertiary/aromatic N) is 2. The second kappa shape index (κ2) is 7.70. The normalized spacial score (nSPS) is 12.8. The molecule has 0 bridgehead atoms. The minimum Gasteiger partial charge on any atom is -0.366 e. The van der Waals surface area contributed by atoms with Gasteiger partial charge >= 0.3 is 6.18 Å². The average Bonchev–Trinajstić information content (AvgIpc) is 2.52. The summed E-state index contributed by atoms with van der Waals surface area (Å²) < 4.78 is 39.1. The van der Waals surface area contributed by atoms with Crippen LogP contribution in [0.1, 0.15) is 31.5 Å². The maximum atomic E-state index is 13.0. The van der Waals surface area contributed by atoms with Crippen LogP contribution in [0.5, 0.6) is 0 Å². The topological polar surface area (TPSA) is 49.8 Å². The van der Waals surface area contributed by atoms with Crippen LogP contribution in [0.2, 0.25) is 5.02 Å². The van der Waals surface area contributed by atoms with Crippen LogP contribution >= 0.6 is 11.6 Å². The monoisotopic (exact) mass is 358 g/mol. The van der Waals surface area contributed by atoms with Gasteiger partial charge < -0.3 is 10.6 Å². The fraction of sp³-hybridized carbons (Fsp3) is 0.375. The summed E-state index contributed by atoms with van der Waals surface area (Å²) >= 11 is 5.90. The Balaban J connectivity index is 2.22. The molecule has 1 aromatic carbocycles. The molecule has 24 heavy (non-hydrogen) atoms. The lowest BCUT2D eigenvalue weighted by molar-refractivity contribution is -0.141. The third-order valence-corrected chi connectivity index (χ3v) is 3.60. The van der Waals surface area contributed by atoms with E-state index in [-0.39, 0.29) is 17.8 Å². The summed E-state index contributed by atoms with van der Waals surface area (Å²) in [6, 6.07) is 7.92. The molecule has 0 saturated heterocycles. The zero-order valence-electron chi connectivity index (χ0n) is 13.3. The van der Waals surface area contributed by atoms with Crippen molar-refractivity contribution in [2.24, 2.45) is 0 Å². The minimum absolute atomic E-state index is 0.0331. The van der Waals surface area contributed by atoms with Crippen molar-refractivity contribution in [2.45, 2.75) is 39.0 Å². The summed E-state index contributed by atoms with van der Waals surface area (Å²) in [7, 11) is 0. The van der Waals surface area contributed by atoms with Crippen LogP contribution in [0.4, 0.5) is 24.9 Å². The smallest absolute Gasteiger partial charge is 0.366 e. The standard InChI is InChI=1S/C16H18ClF3N4/c1-3-10(2)22-15-23-13(16(18,19)20)8-14(24-15)21-9-11-5-4-6-12(17)7-11/h4-8,10H,3,9H2,1-2H3,(H2,21,22,23,24)/t10-/m0/s1. The molecule has 4 nitrogen and oxygen atoms in total. The van der Waals surface area contributed by atoms with Crippen LogP contribution in [0.3, 0.4) is 0 Å². The average molecular weight is 359 g/mol. The molecule has 0 aliphatic rings. The third-order valence-electron chi connectivity index (χ3n) is 3.37. The number of nitrogens with one attached hydrogen (secondary N) is 2. The van der Waals surface area contributed by atoms with Crippen LogP contribution in [-0.4, -0.2) is 16.0 Å². The van der Waals surface area contributed by atoms with E-state index < -0.39 is 11.9 Å². The fourth-order valence-electron chi connectivity index (χ4n) is 1.91. The number of anilines is 2. The predicted octanol–water partition coefficient (Wildman–Crippen LogP) is 4.97. The minimum atomic E-state index is -4.54. The Morgan fingerprint density at radius 1 is 1.21 bits per heavy atom. The lowest BCUT2D eigenvalue weighted by Gasteiger charge is -2.15. The summed E-state index contributed by atoms with van der Waals surface area (Å²) in [4.78, 5) is 7.66. The third kappa shape index (κ3) is 5.26. The number of halogens is 4. The van der Waals surface area contributed by atoms with Gasteiger partial charge in [0.15, 0.2) is 5.69 Å². The molecule has 0 aliphatic carbocycles. The van der Waals surface area contributed by atoms with E-state index in [2.05, 4.69) is 20.6 Å². The SMILES string of the molecule is CC[C@H](C)Nc1nc(NCc2cccc(Cl)c2)cc(C(F)(F)F)n1. The van der Waals surface area contributed by atoms with E-state index in [1.807, 2.05) is 19.9 Å². The maximum absolute atomic E-state index is 13.0. The Kier molecular flexibility index (Phi) is 5.88. The van der Waals surface area contributed by atoms with Crippen molar-refractivity contribution in [2.75, 3.05) is 10.6 Å². The van der Waals surface area contributed by atoms with Crippen LogP contribution in [-0.2, 0) is 12.7 Å². The van der Waals surface area contributed by atoms with Gasteiger partial charge in [0.1, 0.15) is 5.82 Å². The summed E-state index contributed by atoms with van der Waals surface area (Å²) in [6.45, 7) is 4.07. The number of alkyl halides is 3. The first-order valence-electron chi connectivity index (χ1n) is 7.49. The van der Waals surface area contributed by atoms with Gasteiger partial charge in [-0.2, -0.15) is 18.2 Å². The number of benzene rings is 1. The summed E-state index contributed by atoms with van der Waals surface area (Å²) in [6.07, 6.45) is -3.80. The first kappa shape index (κ1) is 18.3. The molecule has 0 radical (unpaired) electrons. The quantitative estimate of drug-likeness (QED) is 0.765. The highest BCUT2D eigenvalue weighted by molar-refractivity contribution is 6.30. The molecule has 0 fully saturated rings. The van der Waals surface area contributed by atoms with Gasteiger partial charge in [-0.25, -0.2) is 4.98 Å². The molecule has 2 aromatic rings. The molecular weight excluding hydrogens is 341 g/mol. The molecule has 0 spiro atoms. The van der Waals surface area contributed by atoms with E-state index in [9.17, 15) is 13.2 Å². The highest BCUT2D eigenvalue weighted by Crippen LogP contribution is 2.30. The van der Waals surface area contributed by atoms with Gasteiger partial charge in [0.2, 0.25) is 5.95 Å². The second-order valence-electron chi connectivity index (χ2n) is 5.40. The number of hydrogen-bond acceptors (Lipinski definition) is 4. The van der Waals surface area contributed by atoms with E-state index in [1.54, 1.807) is 18.2 Å². The van der Waals surface area contributed by atoms with Crippen molar-refractivity contribution in [3.8, 4) is 0 Å². The molecule has 1 aromatic heterocycles. The molecule has 1 atom stereocenters. The highest BCUT2D eigenvalue weighted by atomic mass is 35.5. The number of aromatic nitrogens is 2. The van der Waals surface area contributed by atoms with Crippen molar-refractivity contribution < 1.29 is 13.2 Å².